The van der Waals surface area contributed by atoms with Crippen LogP contribution < -0.4 is 0 Å². The van der Waals surface area contributed by atoms with Crippen molar-refractivity contribution in [1.29, 1.82) is 0 Å². The Morgan fingerprint density at radius 1 is 1.33 bits per heavy atom. The van der Waals surface area contributed by atoms with Gasteiger partial charge >= 0.3 is 5.97 Å². The van der Waals surface area contributed by atoms with Crippen LogP contribution in [0.25, 0.3) is 0 Å². The third-order valence-electron chi connectivity index (χ3n) is 5.04. The largest absolute Gasteiger partial charge is 0.481 e. The Balaban J connectivity index is 1.96. The number of rotatable bonds is 3. The SMILES string of the molecule is CC(C)(C)C1CCN(CC2(C(=O)O)CCCC2)C1. The molecule has 2 rings (SSSR count). The van der Waals surface area contributed by atoms with Gasteiger partial charge < -0.3 is 10.0 Å². The molecule has 0 aromatic carbocycles. The highest BCUT2D eigenvalue weighted by Crippen LogP contribution is 2.41. The Bertz CT molecular complexity index is 313. The Kier molecular flexibility index (Phi) is 3.72. The molecule has 104 valence electrons. The van der Waals surface area contributed by atoms with Crippen molar-refractivity contribution in [2.45, 2.75) is 52.9 Å². The molecule has 0 bridgehead atoms. The molecule has 0 amide bonds. The zero-order valence-corrected chi connectivity index (χ0v) is 12.0. The molecule has 1 saturated heterocycles. The summed E-state index contributed by atoms with van der Waals surface area (Å²) < 4.78 is 0. The van der Waals surface area contributed by atoms with Crippen molar-refractivity contribution in [3.8, 4) is 0 Å². The highest BCUT2D eigenvalue weighted by Gasteiger charge is 2.44. The molecule has 1 atom stereocenters. The van der Waals surface area contributed by atoms with Crippen LogP contribution in [0.15, 0.2) is 0 Å². The van der Waals surface area contributed by atoms with Crippen LogP contribution in [0.2, 0.25) is 0 Å². The van der Waals surface area contributed by atoms with E-state index in [1.807, 2.05) is 0 Å². The van der Waals surface area contributed by atoms with E-state index in [1.54, 1.807) is 0 Å². The van der Waals surface area contributed by atoms with Crippen LogP contribution in [0, 0.1) is 16.7 Å². The monoisotopic (exact) mass is 253 g/mol. The van der Waals surface area contributed by atoms with Crippen molar-refractivity contribution < 1.29 is 9.90 Å². The maximum atomic E-state index is 11.6. The third-order valence-corrected chi connectivity index (χ3v) is 5.04. The lowest BCUT2D eigenvalue weighted by Gasteiger charge is -2.31. The van der Waals surface area contributed by atoms with Gasteiger partial charge in [-0.1, -0.05) is 33.6 Å². The van der Waals surface area contributed by atoms with Crippen LogP contribution >= 0.6 is 0 Å². The Morgan fingerprint density at radius 2 is 1.94 bits per heavy atom. The minimum atomic E-state index is -0.570. The van der Waals surface area contributed by atoms with Crippen LogP contribution in [0.1, 0.15) is 52.9 Å². The van der Waals surface area contributed by atoms with Gasteiger partial charge in [0.05, 0.1) is 5.41 Å². The normalized spacial score (nSPS) is 28.7. The minimum absolute atomic E-state index is 0.348. The lowest BCUT2D eigenvalue weighted by atomic mass is 9.80. The summed E-state index contributed by atoms with van der Waals surface area (Å²) in [5, 5.41) is 9.52. The fraction of sp³-hybridized carbons (Fsp3) is 0.933. The van der Waals surface area contributed by atoms with Gasteiger partial charge in [-0.25, -0.2) is 0 Å². The van der Waals surface area contributed by atoms with Crippen LogP contribution in [0.3, 0.4) is 0 Å². The molecule has 0 spiro atoms. The molecule has 0 aromatic heterocycles. The quantitative estimate of drug-likeness (QED) is 0.840. The van der Waals surface area contributed by atoms with E-state index in [9.17, 15) is 9.90 Å². The van der Waals surface area contributed by atoms with Crippen LogP contribution in [0.4, 0.5) is 0 Å². The Morgan fingerprint density at radius 3 is 2.39 bits per heavy atom. The Hall–Kier alpha value is -0.570. The molecule has 1 N–H and O–H groups in total. The molecule has 2 aliphatic rings. The molecule has 3 nitrogen and oxygen atoms in total. The molecular formula is C15H27NO2. The highest BCUT2D eigenvalue weighted by molar-refractivity contribution is 5.75. The second-order valence-corrected chi connectivity index (χ2v) is 7.38. The van der Waals surface area contributed by atoms with E-state index < -0.39 is 11.4 Å². The first-order valence-electron chi connectivity index (χ1n) is 7.29. The van der Waals surface area contributed by atoms with E-state index in [-0.39, 0.29) is 0 Å². The van der Waals surface area contributed by atoms with Crippen molar-refractivity contribution in [2.75, 3.05) is 19.6 Å². The molecule has 18 heavy (non-hydrogen) atoms. The fourth-order valence-electron chi connectivity index (χ4n) is 3.60. The fourth-order valence-corrected chi connectivity index (χ4v) is 3.60. The average Bonchev–Trinajstić information content (AvgIpc) is 2.86. The number of hydrogen-bond acceptors (Lipinski definition) is 2. The number of carbonyl (C=O) groups is 1. The van der Waals surface area contributed by atoms with Gasteiger partial charge in [0.2, 0.25) is 0 Å². The lowest BCUT2D eigenvalue weighted by molar-refractivity contribution is -0.149. The standard InChI is InChI=1S/C15H27NO2/c1-14(2,3)12-6-9-16(10-12)11-15(13(17)18)7-4-5-8-15/h12H,4-11H2,1-3H3,(H,17,18). The average molecular weight is 253 g/mol. The van der Waals surface area contributed by atoms with Crippen LogP contribution in [0.5, 0.6) is 0 Å². The summed E-state index contributed by atoms with van der Waals surface area (Å²) in [7, 11) is 0. The smallest absolute Gasteiger partial charge is 0.310 e. The lowest BCUT2D eigenvalue weighted by Crippen LogP contribution is -2.41. The molecule has 1 heterocycles. The number of nitrogens with zero attached hydrogens (tertiary/aromatic N) is 1. The summed E-state index contributed by atoms with van der Waals surface area (Å²) in [5.74, 6) is 0.143. The number of likely N-dealkylation sites (tertiary alicyclic amines) is 1. The maximum absolute atomic E-state index is 11.6. The maximum Gasteiger partial charge on any atom is 0.310 e. The van der Waals surface area contributed by atoms with Gasteiger partial charge in [0.1, 0.15) is 0 Å². The predicted octanol–water partition coefficient (Wildman–Crippen LogP) is 3.00. The summed E-state index contributed by atoms with van der Waals surface area (Å²) >= 11 is 0. The predicted molar refractivity (Wildman–Crippen MR) is 72.5 cm³/mol. The molecule has 1 saturated carbocycles. The van der Waals surface area contributed by atoms with Gasteiger partial charge in [0.25, 0.3) is 0 Å². The van der Waals surface area contributed by atoms with Gasteiger partial charge in [-0.05, 0) is 37.1 Å². The van der Waals surface area contributed by atoms with Gasteiger partial charge in [-0.2, -0.15) is 0 Å². The van der Waals surface area contributed by atoms with E-state index in [1.165, 1.54) is 6.42 Å². The van der Waals surface area contributed by atoms with Crippen molar-refractivity contribution in [2.24, 2.45) is 16.7 Å². The molecule has 0 radical (unpaired) electrons. The zero-order chi connectivity index (χ0) is 13.4. The second kappa shape index (κ2) is 4.84. The summed E-state index contributed by atoms with van der Waals surface area (Å²) in [6.45, 7) is 9.82. The van der Waals surface area contributed by atoms with Gasteiger partial charge in [0.15, 0.2) is 0 Å². The molecule has 0 aromatic rings. The summed E-state index contributed by atoms with van der Waals surface area (Å²) in [6, 6.07) is 0. The van der Waals surface area contributed by atoms with Crippen molar-refractivity contribution in [1.82, 2.24) is 4.90 Å². The van der Waals surface area contributed by atoms with E-state index in [0.717, 1.165) is 45.3 Å². The molecular weight excluding hydrogens is 226 g/mol. The molecule has 1 aliphatic carbocycles. The summed E-state index contributed by atoms with van der Waals surface area (Å²) in [6.07, 6.45) is 5.14. The van der Waals surface area contributed by atoms with Gasteiger partial charge in [-0.15, -0.1) is 0 Å². The second-order valence-electron chi connectivity index (χ2n) is 7.38. The topological polar surface area (TPSA) is 40.5 Å². The zero-order valence-electron chi connectivity index (χ0n) is 12.0. The van der Waals surface area contributed by atoms with E-state index >= 15 is 0 Å². The highest BCUT2D eigenvalue weighted by atomic mass is 16.4. The Labute approximate surface area is 111 Å². The van der Waals surface area contributed by atoms with Crippen molar-refractivity contribution >= 4 is 5.97 Å². The number of carboxylic acids is 1. The van der Waals surface area contributed by atoms with Gasteiger partial charge in [-0.3, -0.25) is 4.79 Å². The first-order valence-corrected chi connectivity index (χ1v) is 7.29. The van der Waals surface area contributed by atoms with E-state index in [0.29, 0.717) is 11.3 Å². The minimum Gasteiger partial charge on any atom is -0.481 e. The number of hydrogen-bond donors (Lipinski definition) is 1. The third kappa shape index (κ3) is 2.71. The summed E-state index contributed by atoms with van der Waals surface area (Å²) in [5.41, 5.74) is -0.0897. The molecule has 2 fully saturated rings. The van der Waals surface area contributed by atoms with Crippen LogP contribution in [-0.4, -0.2) is 35.6 Å². The first-order chi connectivity index (χ1) is 8.33. The van der Waals surface area contributed by atoms with Crippen LogP contribution in [-0.2, 0) is 4.79 Å². The van der Waals surface area contributed by atoms with E-state index in [4.69, 9.17) is 0 Å². The number of carboxylic acid groups (broad SMARTS) is 1. The van der Waals surface area contributed by atoms with Gasteiger partial charge in [0, 0.05) is 13.1 Å². The molecule has 1 unspecified atom stereocenters. The van der Waals surface area contributed by atoms with Crippen molar-refractivity contribution in [3.63, 3.8) is 0 Å². The molecule has 3 heteroatoms. The summed E-state index contributed by atoms with van der Waals surface area (Å²) in [4.78, 5) is 14.0. The number of aliphatic carboxylic acids is 1. The van der Waals surface area contributed by atoms with E-state index in [2.05, 4.69) is 25.7 Å². The first kappa shape index (κ1) is 13.9. The molecule has 1 aliphatic heterocycles. The van der Waals surface area contributed by atoms with Crippen molar-refractivity contribution in [3.05, 3.63) is 0 Å².